The number of hydrogen-bond acceptors (Lipinski definition) is 4. The van der Waals surface area contributed by atoms with Gasteiger partial charge in [0.2, 0.25) is 0 Å². The van der Waals surface area contributed by atoms with Crippen LogP contribution in [0.15, 0.2) is 30.9 Å². The molecule has 7 heteroatoms. The van der Waals surface area contributed by atoms with Crippen LogP contribution in [0.3, 0.4) is 0 Å². The van der Waals surface area contributed by atoms with Crippen molar-refractivity contribution in [2.75, 3.05) is 0 Å². The van der Waals surface area contributed by atoms with Gasteiger partial charge in [-0.05, 0) is 12.1 Å². The smallest absolute Gasteiger partial charge is 0.354 e. The van der Waals surface area contributed by atoms with Crippen LogP contribution in [0.5, 0.6) is 0 Å². The highest BCUT2D eigenvalue weighted by atomic mass is 16.4. The molecular weight excluding hydrogens is 236 g/mol. The SMILES string of the molecule is O=C(NCc1cnc[nH]1)c1ccc(C(=O)O)nc1. The lowest BCUT2D eigenvalue weighted by Crippen LogP contribution is -2.23. The third-order valence-corrected chi connectivity index (χ3v) is 2.24. The van der Waals surface area contributed by atoms with E-state index >= 15 is 0 Å². The minimum atomic E-state index is -1.13. The number of H-pyrrole nitrogens is 1. The molecule has 0 aliphatic heterocycles. The average molecular weight is 246 g/mol. The first kappa shape index (κ1) is 11.8. The summed E-state index contributed by atoms with van der Waals surface area (Å²) in [5.74, 6) is -1.45. The second-order valence-electron chi connectivity index (χ2n) is 3.50. The molecule has 0 atom stereocenters. The van der Waals surface area contributed by atoms with Crippen LogP contribution in [-0.2, 0) is 6.54 Å². The fraction of sp³-hybridized carbons (Fsp3) is 0.0909. The van der Waals surface area contributed by atoms with Crippen molar-refractivity contribution in [1.29, 1.82) is 0 Å². The molecule has 1 amide bonds. The van der Waals surface area contributed by atoms with Gasteiger partial charge in [-0.3, -0.25) is 4.79 Å². The van der Waals surface area contributed by atoms with Crippen LogP contribution in [0.1, 0.15) is 26.5 Å². The molecule has 3 N–H and O–H groups in total. The maximum atomic E-state index is 11.7. The molecule has 2 rings (SSSR count). The normalized spacial score (nSPS) is 10.0. The quantitative estimate of drug-likeness (QED) is 0.725. The molecule has 0 aliphatic rings. The van der Waals surface area contributed by atoms with Gasteiger partial charge >= 0.3 is 5.97 Å². The Morgan fingerprint density at radius 2 is 2.17 bits per heavy atom. The van der Waals surface area contributed by atoms with E-state index in [0.29, 0.717) is 12.1 Å². The van der Waals surface area contributed by atoms with E-state index in [9.17, 15) is 9.59 Å². The Labute approximate surface area is 102 Å². The van der Waals surface area contributed by atoms with Crippen LogP contribution in [0.25, 0.3) is 0 Å². The summed E-state index contributed by atoms with van der Waals surface area (Å²) in [4.78, 5) is 32.6. The van der Waals surface area contributed by atoms with Gasteiger partial charge in [0, 0.05) is 12.4 Å². The first-order valence-corrected chi connectivity index (χ1v) is 5.11. The summed E-state index contributed by atoms with van der Waals surface area (Å²) in [5, 5.41) is 11.3. The largest absolute Gasteiger partial charge is 0.477 e. The van der Waals surface area contributed by atoms with E-state index in [1.807, 2.05) is 0 Å². The van der Waals surface area contributed by atoms with Gasteiger partial charge in [0.25, 0.3) is 5.91 Å². The molecule has 0 fully saturated rings. The van der Waals surface area contributed by atoms with Crippen molar-refractivity contribution in [3.63, 3.8) is 0 Å². The minimum Gasteiger partial charge on any atom is -0.477 e. The Morgan fingerprint density at radius 3 is 2.72 bits per heavy atom. The maximum Gasteiger partial charge on any atom is 0.354 e. The van der Waals surface area contributed by atoms with Crippen molar-refractivity contribution >= 4 is 11.9 Å². The van der Waals surface area contributed by atoms with Crippen LogP contribution >= 0.6 is 0 Å². The molecule has 0 unspecified atom stereocenters. The fourth-order valence-electron chi connectivity index (χ4n) is 1.31. The van der Waals surface area contributed by atoms with E-state index in [4.69, 9.17) is 5.11 Å². The van der Waals surface area contributed by atoms with Gasteiger partial charge < -0.3 is 15.4 Å². The number of imidazole rings is 1. The third kappa shape index (κ3) is 2.70. The highest BCUT2D eigenvalue weighted by Crippen LogP contribution is 2.01. The van der Waals surface area contributed by atoms with E-state index in [1.54, 1.807) is 6.20 Å². The highest BCUT2D eigenvalue weighted by molar-refractivity contribution is 5.94. The van der Waals surface area contributed by atoms with Gasteiger partial charge in [0.15, 0.2) is 0 Å². The van der Waals surface area contributed by atoms with Crippen LogP contribution in [0.4, 0.5) is 0 Å². The summed E-state index contributed by atoms with van der Waals surface area (Å²) in [6.45, 7) is 0.319. The fourth-order valence-corrected chi connectivity index (χ4v) is 1.31. The van der Waals surface area contributed by atoms with Gasteiger partial charge in [0.1, 0.15) is 5.69 Å². The van der Waals surface area contributed by atoms with Crippen LogP contribution in [0.2, 0.25) is 0 Å². The van der Waals surface area contributed by atoms with E-state index < -0.39 is 5.97 Å². The zero-order valence-corrected chi connectivity index (χ0v) is 9.25. The van der Waals surface area contributed by atoms with Gasteiger partial charge in [0.05, 0.1) is 24.1 Å². The zero-order chi connectivity index (χ0) is 13.0. The van der Waals surface area contributed by atoms with Gasteiger partial charge in [-0.2, -0.15) is 0 Å². The van der Waals surface area contributed by atoms with Crippen LogP contribution in [0, 0.1) is 0 Å². The van der Waals surface area contributed by atoms with E-state index in [1.165, 1.54) is 24.7 Å². The number of rotatable bonds is 4. The Balaban J connectivity index is 1.98. The number of aromatic amines is 1. The van der Waals surface area contributed by atoms with E-state index in [-0.39, 0.29) is 11.6 Å². The molecule has 0 bridgehead atoms. The molecule has 2 aromatic rings. The molecule has 92 valence electrons. The van der Waals surface area contributed by atoms with Crippen molar-refractivity contribution in [3.05, 3.63) is 47.8 Å². The summed E-state index contributed by atoms with van der Waals surface area (Å²) in [6, 6.07) is 2.70. The van der Waals surface area contributed by atoms with Crippen molar-refractivity contribution in [2.24, 2.45) is 0 Å². The van der Waals surface area contributed by atoms with Crippen molar-refractivity contribution in [1.82, 2.24) is 20.3 Å². The monoisotopic (exact) mass is 246 g/mol. The Bertz CT molecular complexity index is 548. The molecule has 18 heavy (non-hydrogen) atoms. The van der Waals surface area contributed by atoms with Crippen LogP contribution < -0.4 is 5.32 Å². The Morgan fingerprint density at radius 1 is 1.33 bits per heavy atom. The summed E-state index contributed by atoms with van der Waals surface area (Å²) in [6.07, 6.45) is 4.35. The van der Waals surface area contributed by atoms with Crippen LogP contribution in [-0.4, -0.2) is 31.9 Å². The number of carboxylic acids is 1. The number of carboxylic acid groups (broad SMARTS) is 1. The topological polar surface area (TPSA) is 108 Å². The Kier molecular flexibility index (Phi) is 3.33. The number of hydrogen-bond donors (Lipinski definition) is 3. The lowest BCUT2D eigenvalue weighted by atomic mass is 10.2. The molecule has 0 spiro atoms. The molecular formula is C11H10N4O3. The molecule has 0 radical (unpaired) electrons. The van der Waals surface area contributed by atoms with Crippen molar-refractivity contribution in [3.8, 4) is 0 Å². The Hall–Kier alpha value is -2.70. The van der Waals surface area contributed by atoms with Gasteiger partial charge in [-0.1, -0.05) is 0 Å². The maximum absolute atomic E-state index is 11.7. The molecule has 2 heterocycles. The van der Waals surface area contributed by atoms with E-state index in [2.05, 4.69) is 20.3 Å². The number of pyridine rings is 1. The summed E-state index contributed by atoms with van der Waals surface area (Å²) in [5.41, 5.74) is 0.984. The van der Waals surface area contributed by atoms with Crippen molar-refractivity contribution in [2.45, 2.75) is 6.54 Å². The number of carbonyl (C=O) groups is 2. The second kappa shape index (κ2) is 5.09. The van der Waals surface area contributed by atoms with Crippen molar-refractivity contribution < 1.29 is 14.7 Å². The predicted molar refractivity (Wildman–Crippen MR) is 61.0 cm³/mol. The highest BCUT2D eigenvalue weighted by Gasteiger charge is 2.08. The van der Waals surface area contributed by atoms with Gasteiger partial charge in [-0.25, -0.2) is 14.8 Å². The predicted octanol–water partition coefficient (Wildman–Crippen LogP) is 0.433. The molecule has 0 saturated carbocycles. The number of aromatic carboxylic acids is 1. The third-order valence-electron chi connectivity index (χ3n) is 2.24. The minimum absolute atomic E-state index is 0.0971. The summed E-state index contributed by atoms with van der Waals surface area (Å²) < 4.78 is 0. The standard InChI is InChI=1S/C11H10N4O3/c16-10(14-5-8-4-12-6-15-8)7-1-2-9(11(17)18)13-3-7/h1-4,6H,5H2,(H,12,15)(H,14,16)(H,17,18). The summed E-state index contributed by atoms with van der Waals surface area (Å²) >= 11 is 0. The number of carbonyl (C=O) groups excluding carboxylic acids is 1. The number of nitrogens with one attached hydrogen (secondary N) is 2. The zero-order valence-electron chi connectivity index (χ0n) is 9.25. The van der Waals surface area contributed by atoms with Gasteiger partial charge in [-0.15, -0.1) is 0 Å². The van der Waals surface area contributed by atoms with E-state index in [0.717, 1.165) is 5.69 Å². The number of amides is 1. The molecule has 2 aromatic heterocycles. The molecule has 0 aliphatic carbocycles. The first-order chi connectivity index (χ1) is 8.66. The number of aromatic nitrogens is 3. The molecule has 0 saturated heterocycles. The molecule has 0 aromatic carbocycles. The molecule has 7 nitrogen and oxygen atoms in total. The number of nitrogens with zero attached hydrogens (tertiary/aromatic N) is 2. The first-order valence-electron chi connectivity index (χ1n) is 5.11. The lowest BCUT2D eigenvalue weighted by molar-refractivity contribution is 0.0689. The lowest BCUT2D eigenvalue weighted by Gasteiger charge is -2.03. The average Bonchev–Trinajstić information content (AvgIpc) is 2.89. The summed E-state index contributed by atoms with van der Waals surface area (Å²) in [7, 11) is 0. The second-order valence-corrected chi connectivity index (χ2v) is 3.50.